The van der Waals surface area contributed by atoms with Crippen LogP contribution in [0.1, 0.15) is 11.1 Å². The fourth-order valence-corrected chi connectivity index (χ4v) is 3.03. The van der Waals surface area contributed by atoms with Gasteiger partial charge in [0.25, 0.3) is 0 Å². The van der Waals surface area contributed by atoms with Crippen LogP contribution < -0.4 is 5.73 Å². The van der Waals surface area contributed by atoms with E-state index in [-0.39, 0.29) is 0 Å². The first-order valence-corrected chi connectivity index (χ1v) is 7.00. The number of anilines is 1. The normalized spacial score (nSPS) is 10.8. The Morgan fingerprint density at radius 2 is 2.00 bits per heavy atom. The number of hydrogen-bond donors (Lipinski definition) is 2. The topological polar surface area (TPSA) is 54.7 Å². The molecule has 3 aromatic rings. The summed E-state index contributed by atoms with van der Waals surface area (Å²) in [6.45, 7) is 4.24. The summed E-state index contributed by atoms with van der Waals surface area (Å²) < 4.78 is 0. The Hall–Kier alpha value is -2.07. The first kappa shape index (κ1) is 12.0. The van der Waals surface area contributed by atoms with E-state index in [0.29, 0.717) is 5.82 Å². The Kier molecular flexibility index (Phi) is 2.87. The molecular weight excluding hydrogens is 254 g/mol. The van der Waals surface area contributed by atoms with E-state index < -0.39 is 0 Å². The van der Waals surface area contributed by atoms with E-state index in [2.05, 4.69) is 53.7 Å². The molecule has 0 amide bonds. The number of aromatic nitrogens is 2. The Labute approximate surface area is 116 Å². The van der Waals surface area contributed by atoms with Gasteiger partial charge < -0.3 is 5.73 Å². The molecule has 0 saturated carbocycles. The molecule has 2 aromatic heterocycles. The number of nitrogens with one attached hydrogen (secondary N) is 1. The molecule has 0 fully saturated rings. The molecule has 0 atom stereocenters. The van der Waals surface area contributed by atoms with Crippen LogP contribution in [-0.4, -0.2) is 10.2 Å². The lowest BCUT2D eigenvalue weighted by molar-refractivity contribution is 1.10. The van der Waals surface area contributed by atoms with E-state index >= 15 is 0 Å². The largest absolute Gasteiger partial charge is 0.382 e. The van der Waals surface area contributed by atoms with Crippen molar-refractivity contribution in [2.24, 2.45) is 0 Å². The van der Waals surface area contributed by atoms with Crippen LogP contribution in [-0.2, 0) is 0 Å². The molecule has 3 rings (SSSR count). The maximum absolute atomic E-state index is 6.02. The average molecular weight is 269 g/mol. The lowest BCUT2D eigenvalue weighted by Gasteiger charge is -2.08. The zero-order chi connectivity index (χ0) is 13.4. The van der Waals surface area contributed by atoms with Gasteiger partial charge in [0.2, 0.25) is 0 Å². The van der Waals surface area contributed by atoms with Crippen LogP contribution in [0.4, 0.5) is 5.82 Å². The van der Waals surface area contributed by atoms with Crippen LogP contribution in [0.3, 0.4) is 0 Å². The third kappa shape index (κ3) is 1.94. The van der Waals surface area contributed by atoms with Crippen LogP contribution in [0, 0.1) is 13.8 Å². The molecule has 0 spiro atoms. The maximum Gasteiger partial charge on any atom is 0.154 e. The number of aromatic amines is 1. The molecule has 3 N–H and O–H groups in total. The number of nitrogens with zero attached hydrogens (tertiary/aromatic N) is 1. The maximum atomic E-state index is 6.02. The molecule has 19 heavy (non-hydrogen) atoms. The summed E-state index contributed by atoms with van der Waals surface area (Å²) >= 11 is 1.67. The van der Waals surface area contributed by atoms with Crippen molar-refractivity contribution >= 4 is 17.2 Å². The highest BCUT2D eigenvalue weighted by Crippen LogP contribution is 2.38. The minimum atomic E-state index is 0.554. The van der Waals surface area contributed by atoms with Gasteiger partial charge in [0.05, 0.1) is 11.3 Å². The molecular formula is C15H15N3S. The number of aryl methyl sites for hydroxylation is 1. The van der Waals surface area contributed by atoms with Gasteiger partial charge in [-0.15, -0.1) is 11.3 Å². The van der Waals surface area contributed by atoms with Gasteiger partial charge in [0.15, 0.2) is 5.82 Å². The molecule has 0 aliphatic carbocycles. The van der Waals surface area contributed by atoms with Crippen LogP contribution >= 0.6 is 11.3 Å². The molecule has 0 aliphatic rings. The van der Waals surface area contributed by atoms with Crippen molar-refractivity contribution in [1.29, 1.82) is 0 Å². The van der Waals surface area contributed by atoms with Crippen molar-refractivity contribution in [1.82, 2.24) is 10.2 Å². The van der Waals surface area contributed by atoms with Gasteiger partial charge >= 0.3 is 0 Å². The predicted octanol–water partition coefficient (Wildman–Crippen LogP) is 4.00. The molecule has 3 nitrogen and oxygen atoms in total. The Bertz CT molecular complexity index is 711. The highest BCUT2D eigenvalue weighted by atomic mass is 32.1. The van der Waals surface area contributed by atoms with Gasteiger partial charge in [-0.3, -0.25) is 5.10 Å². The van der Waals surface area contributed by atoms with Crippen molar-refractivity contribution in [3.63, 3.8) is 0 Å². The number of H-pyrrole nitrogens is 1. The Morgan fingerprint density at radius 1 is 1.16 bits per heavy atom. The second-order valence-corrected chi connectivity index (χ2v) is 5.53. The van der Waals surface area contributed by atoms with Crippen molar-refractivity contribution in [2.75, 3.05) is 5.73 Å². The van der Waals surface area contributed by atoms with E-state index in [1.165, 1.54) is 11.1 Å². The zero-order valence-corrected chi connectivity index (χ0v) is 11.7. The number of nitrogens with two attached hydrogens (primary N) is 1. The quantitative estimate of drug-likeness (QED) is 0.738. The third-order valence-corrected chi connectivity index (χ3v) is 4.32. The fourth-order valence-electron chi connectivity index (χ4n) is 2.24. The molecule has 4 heteroatoms. The van der Waals surface area contributed by atoms with Gasteiger partial charge in [-0.25, -0.2) is 0 Å². The first-order chi connectivity index (χ1) is 9.18. The van der Waals surface area contributed by atoms with Crippen LogP contribution in [0.15, 0.2) is 35.7 Å². The van der Waals surface area contributed by atoms with Crippen molar-refractivity contribution in [2.45, 2.75) is 13.8 Å². The lowest BCUT2D eigenvalue weighted by Crippen LogP contribution is -1.90. The number of rotatable bonds is 2. The molecule has 0 bridgehead atoms. The minimum absolute atomic E-state index is 0.554. The van der Waals surface area contributed by atoms with Crippen molar-refractivity contribution in [3.8, 4) is 21.7 Å². The summed E-state index contributed by atoms with van der Waals surface area (Å²) in [7, 11) is 0. The first-order valence-electron chi connectivity index (χ1n) is 6.13. The summed E-state index contributed by atoms with van der Waals surface area (Å²) in [5, 5.41) is 9.31. The van der Waals surface area contributed by atoms with Crippen molar-refractivity contribution < 1.29 is 0 Å². The minimum Gasteiger partial charge on any atom is -0.382 e. The second-order valence-electron chi connectivity index (χ2n) is 4.58. The molecule has 0 aliphatic heterocycles. The lowest BCUT2D eigenvalue weighted by atomic mass is 9.98. The molecule has 2 heterocycles. The van der Waals surface area contributed by atoms with Crippen LogP contribution in [0.2, 0.25) is 0 Å². The molecule has 1 aromatic carbocycles. The van der Waals surface area contributed by atoms with Gasteiger partial charge in [-0.05, 0) is 36.4 Å². The summed E-state index contributed by atoms with van der Waals surface area (Å²) in [6, 6.07) is 10.4. The predicted molar refractivity (Wildman–Crippen MR) is 81.2 cm³/mol. The summed E-state index contributed by atoms with van der Waals surface area (Å²) in [5.74, 6) is 0.554. The Morgan fingerprint density at radius 3 is 2.74 bits per heavy atom. The highest BCUT2D eigenvalue weighted by molar-refractivity contribution is 7.13. The van der Waals surface area contributed by atoms with Crippen LogP contribution in [0.25, 0.3) is 21.7 Å². The summed E-state index contributed by atoms with van der Waals surface area (Å²) in [4.78, 5) is 1.14. The molecule has 0 radical (unpaired) electrons. The van der Waals surface area contributed by atoms with Gasteiger partial charge in [0, 0.05) is 10.4 Å². The van der Waals surface area contributed by atoms with Crippen molar-refractivity contribution in [3.05, 3.63) is 46.8 Å². The summed E-state index contributed by atoms with van der Waals surface area (Å²) in [5.41, 5.74) is 11.7. The highest BCUT2D eigenvalue weighted by Gasteiger charge is 2.17. The number of nitrogen functional groups attached to an aromatic ring is 1. The molecule has 96 valence electrons. The van der Waals surface area contributed by atoms with Gasteiger partial charge in [-0.2, -0.15) is 5.10 Å². The smallest absolute Gasteiger partial charge is 0.154 e. The SMILES string of the molecule is Cc1cccc(-c2[nH]nc(N)c2-c2cccs2)c1C. The number of hydrogen-bond acceptors (Lipinski definition) is 3. The second kappa shape index (κ2) is 4.55. The van der Waals surface area contributed by atoms with E-state index in [0.717, 1.165) is 21.7 Å². The molecule has 0 saturated heterocycles. The van der Waals surface area contributed by atoms with E-state index in [4.69, 9.17) is 5.73 Å². The van der Waals surface area contributed by atoms with E-state index in [1.54, 1.807) is 11.3 Å². The van der Waals surface area contributed by atoms with Gasteiger partial charge in [-0.1, -0.05) is 24.3 Å². The monoisotopic (exact) mass is 269 g/mol. The third-order valence-electron chi connectivity index (χ3n) is 3.44. The van der Waals surface area contributed by atoms with Crippen LogP contribution in [0.5, 0.6) is 0 Å². The molecule has 0 unspecified atom stereocenters. The standard InChI is InChI=1S/C15H15N3S/c1-9-5-3-6-11(10(9)2)14-13(15(16)18-17-14)12-7-4-8-19-12/h3-8H,1-2H3,(H3,16,17,18). The van der Waals surface area contributed by atoms with E-state index in [9.17, 15) is 0 Å². The average Bonchev–Trinajstić information content (AvgIpc) is 3.02. The Balaban J connectivity index is 2.25. The fraction of sp³-hybridized carbons (Fsp3) is 0.133. The summed E-state index contributed by atoms with van der Waals surface area (Å²) in [6.07, 6.45) is 0. The number of thiophene rings is 1. The number of benzene rings is 1. The van der Waals surface area contributed by atoms with Gasteiger partial charge in [0.1, 0.15) is 0 Å². The zero-order valence-electron chi connectivity index (χ0n) is 10.9. The van der Waals surface area contributed by atoms with E-state index in [1.807, 2.05) is 6.07 Å².